The van der Waals surface area contributed by atoms with E-state index in [4.69, 9.17) is 10.4 Å². The van der Waals surface area contributed by atoms with E-state index in [1.165, 1.54) is 18.3 Å². The van der Waals surface area contributed by atoms with Crippen molar-refractivity contribution in [1.82, 2.24) is 9.88 Å². The number of aromatic nitrogens is 1. The van der Waals surface area contributed by atoms with Crippen LogP contribution in [-0.2, 0) is 4.79 Å². The fraction of sp³-hybridized carbons (Fsp3) is 0.273. The molecular formula is C11H11N3O3. The fourth-order valence-electron chi connectivity index (χ4n) is 1.24. The van der Waals surface area contributed by atoms with Crippen LogP contribution in [0.3, 0.4) is 0 Å². The molecule has 0 bridgehead atoms. The van der Waals surface area contributed by atoms with Gasteiger partial charge in [-0.05, 0) is 19.1 Å². The van der Waals surface area contributed by atoms with Gasteiger partial charge in [0.05, 0.1) is 5.56 Å². The average molecular weight is 233 g/mol. The highest BCUT2D eigenvalue weighted by Crippen LogP contribution is 2.03. The quantitative estimate of drug-likeness (QED) is 0.817. The topological polar surface area (TPSA) is 94.3 Å². The molecule has 1 aromatic heterocycles. The molecule has 6 heteroatoms. The van der Waals surface area contributed by atoms with E-state index in [1.54, 1.807) is 6.92 Å². The van der Waals surface area contributed by atoms with Crippen LogP contribution >= 0.6 is 0 Å². The first-order valence-corrected chi connectivity index (χ1v) is 4.95. The van der Waals surface area contributed by atoms with Crippen molar-refractivity contribution in [1.29, 1.82) is 5.26 Å². The maximum atomic E-state index is 11.8. The largest absolute Gasteiger partial charge is 0.480 e. The average Bonchev–Trinajstić information content (AvgIpc) is 2.35. The molecule has 1 amide bonds. The number of amides is 1. The minimum atomic E-state index is -1.08. The zero-order valence-corrected chi connectivity index (χ0v) is 9.25. The highest BCUT2D eigenvalue weighted by Gasteiger charge is 2.17. The first kappa shape index (κ1) is 12.6. The lowest BCUT2D eigenvalue weighted by atomic mass is 10.2. The molecule has 1 aromatic rings. The van der Waals surface area contributed by atoms with Gasteiger partial charge in [-0.3, -0.25) is 9.59 Å². The van der Waals surface area contributed by atoms with Gasteiger partial charge in [0.15, 0.2) is 0 Å². The molecule has 0 unspecified atom stereocenters. The van der Waals surface area contributed by atoms with Crippen LogP contribution in [0.4, 0.5) is 0 Å². The lowest BCUT2D eigenvalue weighted by Gasteiger charge is -2.17. The predicted octanol–water partition coefficient (Wildman–Crippen LogP) is 0.500. The molecular weight excluding hydrogens is 222 g/mol. The van der Waals surface area contributed by atoms with Crippen LogP contribution in [-0.4, -0.2) is 40.0 Å². The molecule has 0 atom stereocenters. The van der Waals surface area contributed by atoms with E-state index in [0.29, 0.717) is 5.56 Å². The lowest BCUT2D eigenvalue weighted by molar-refractivity contribution is -0.137. The van der Waals surface area contributed by atoms with Gasteiger partial charge in [-0.2, -0.15) is 5.26 Å². The summed E-state index contributed by atoms with van der Waals surface area (Å²) in [4.78, 5) is 27.4. The molecule has 0 saturated heterocycles. The second-order valence-corrected chi connectivity index (χ2v) is 3.26. The van der Waals surface area contributed by atoms with Crippen molar-refractivity contribution in [3.05, 3.63) is 29.6 Å². The third kappa shape index (κ3) is 3.28. The van der Waals surface area contributed by atoms with E-state index in [2.05, 4.69) is 4.98 Å². The van der Waals surface area contributed by atoms with Gasteiger partial charge in [0.25, 0.3) is 5.91 Å². The van der Waals surface area contributed by atoms with Crippen molar-refractivity contribution in [3.8, 4) is 6.07 Å². The summed E-state index contributed by atoms with van der Waals surface area (Å²) < 4.78 is 0. The van der Waals surface area contributed by atoms with E-state index in [0.717, 1.165) is 4.90 Å². The Kier molecular flexibility index (Phi) is 4.17. The van der Waals surface area contributed by atoms with Crippen LogP contribution < -0.4 is 0 Å². The Morgan fingerprint density at radius 3 is 2.65 bits per heavy atom. The number of carbonyl (C=O) groups excluding carboxylic acids is 1. The summed E-state index contributed by atoms with van der Waals surface area (Å²) in [7, 11) is 0. The summed E-state index contributed by atoms with van der Waals surface area (Å²) in [6.45, 7) is 1.61. The maximum Gasteiger partial charge on any atom is 0.323 e. The van der Waals surface area contributed by atoms with Gasteiger partial charge in [-0.25, -0.2) is 4.98 Å². The van der Waals surface area contributed by atoms with Crippen molar-refractivity contribution in [2.24, 2.45) is 0 Å². The van der Waals surface area contributed by atoms with Gasteiger partial charge in [0, 0.05) is 12.7 Å². The Labute approximate surface area is 98.1 Å². The number of rotatable bonds is 4. The van der Waals surface area contributed by atoms with E-state index in [1.807, 2.05) is 6.07 Å². The van der Waals surface area contributed by atoms with Crippen LogP contribution in [0.1, 0.15) is 23.0 Å². The number of likely N-dealkylation sites (N-methyl/N-ethyl adjacent to an activating group) is 1. The second-order valence-electron chi connectivity index (χ2n) is 3.26. The van der Waals surface area contributed by atoms with E-state index in [-0.39, 0.29) is 18.8 Å². The first-order valence-electron chi connectivity index (χ1n) is 4.95. The molecule has 0 aliphatic carbocycles. The first-order chi connectivity index (χ1) is 8.08. The van der Waals surface area contributed by atoms with E-state index in [9.17, 15) is 9.59 Å². The van der Waals surface area contributed by atoms with Crippen molar-refractivity contribution in [2.45, 2.75) is 6.92 Å². The monoisotopic (exact) mass is 233 g/mol. The number of carboxylic acids is 1. The van der Waals surface area contributed by atoms with Crippen molar-refractivity contribution < 1.29 is 14.7 Å². The predicted molar refractivity (Wildman–Crippen MR) is 58.2 cm³/mol. The smallest absolute Gasteiger partial charge is 0.323 e. The van der Waals surface area contributed by atoms with Gasteiger partial charge < -0.3 is 10.0 Å². The van der Waals surface area contributed by atoms with Crippen LogP contribution in [0.2, 0.25) is 0 Å². The zero-order valence-electron chi connectivity index (χ0n) is 9.25. The zero-order chi connectivity index (χ0) is 12.8. The second kappa shape index (κ2) is 5.61. The Hall–Kier alpha value is -2.42. The Balaban J connectivity index is 2.86. The standard InChI is InChI=1S/C11H11N3O3/c1-2-14(7-10(15)16)11(17)9-4-3-8(5-12)6-13-9/h3-4,6H,2,7H2,1H3,(H,15,16). The SMILES string of the molecule is CCN(CC(=O)O)C(=O)c1ccc(C#N)cn1. The molecule has 1 heterocycles. The summed E-state index contributed by atoms with van der Waals surface area (Å²) in [5, 5.41) is 17.2. The number of hydrogen-bond donors (Lipinski definition) is 1. The number of nitrogens with zero attached hydrogens (tertiary/aromatic N) is 3. The van der Waals surface area contributed by atoms with E-state index >= 15 is 0 Å². The Bertz CT molecular complexity index is 462. The third-order valence-corrected chi connectivity index (χ3v) is 2.11. The van der Waals surface area contributed by atoms with Crippen LogP contribution in [0.5, 0.6) is 0 Å². The molecule has 0 aliphatic rings. The normalized spacial score (nSPS) is 9.41. The maximum absolute atomic E-state index is 11.8. The van der Waals surface area contributed by atoms with Gasteiger partial charge in [-0.1, -0.05) is 0 Å². The minimum Gasteiger partial charge on any atom is -0.480 e. The molecule has 1 rings (SSSR count). The molecule has 0 aliphatic heterocycles. The summed E-state index contributed by atoms with van der Waals surface area (Å²) in [5.74, 6) is -1.53. The Morgan fingerprint density at radius 2 is 2.24 bits per heavy atom. The molecule has 88 valence electrons. The molecule has 17 heavy (non-hydrogen) atoms. The molecule has 0 radical (unpaired) electrons. The number of aliphatic carboxylic acids is 1. The third-order valence-electron chi connectivity index (χ3n) is 2.11. The molecule has 1 N–H and O–H groups in total. The number of carboxylic acid groups (broad SMARTS) is 1. The highest BCUT2D eigenvalue weighted by atomic mass is 16.4. The lowest BCUT2D eigenvalue weighted by Crippen LogP contribution is -2.35. The van der Waals surface area contributed by atoms with Gasteiger partial charge in [0.1, 0.15) is 18.3 Å². The molecule has 0 aromatic carbocycles. The molecule has 0 spiro atoms. The van der Waals surface area contributed by atoms with E-state index < -0.39 is 11.9 Å². The summed E-state index contributed by atoms with van der Waals surface area (Å²) in [6, 6.07) is 4.76. The summed E-state index contributed by atoms with van der Waals surface area (Å²) >= 11 is 0. The molecule has 0 saturated carbocycles. The van der Waals surface area contributed by atoms with Crippen molar-refractivity contribution in [3.63, 3.8) is 0 Å². The van der Waals surface area contributed by atoms with Crippen LogP contribution in [0, 0.1) is 11.3 Å². The number of nitriles is 1. The van der Waals surface area contributed by atoms with Gasteiger partial charge in [-0.15, -0.1) is 0 Å². The molecule has 6 nitrogen and oxygen atoms in total. The van der Waals surface area contributed by atoms with Crippen molar-refractivity contribution >= 4 is 11.9 Å². The van der Waals surface area contributed by atoms with Gasteiger partial charge >= 0.3 is 5.97 Å². The summed E-state index contributed by atoms with van der Waals surface area (Å²) in [6.07, 6.45) is 1.28. The van der Waals surface area contributed by atoms with Crippen molar-refractivity contribution in [2.75, 3.05) is 13.1 Å². The highest BCUT2D eigenvalue weighted by molar-refractivity contribution is 5.94. The summed E-state index contributed by atoms with van der Waals surface area (Å²) in [5.41, 5.74) is 0.481. The molecule has 0 fully saturated rings. The minimum absolute atomic E-state index is 0.132. The number of pyridine rings is 1. The van der Waals surface area contributed by atoms with Gasteiger partial charge in [0.2, 0.25) is 0 Å². The van der Waals surface area contributed by atoms with Crippen LogP contribution in [0.15, 0.2) is 18.3 Å². The fourth-order valence-corrected chi connectivity index (χ4v) is 1.24. The number of hydrogen-bond acceptors (Lipinski definition) is 4. The number of carbonyl (C=O) groups is 2. The Morgan fingerprint density at radius 1 is 1.53 bits per heavy atom. The van der Waals surface area contributed by atoms with Crippen LogP contribution in [0.25, 0.3) is 0 Å².